The maximum atomic E-state index is 12.3. The number of amides is 2. The fraction of sp³-hybridized carbons (Fsp3) is 0.300. The molecule has 8 heteroatoms. The number of nitrogens with one attached hydrogen (secondary N) is 2. The summed E-state index contributed by atoms with van der Waals surface area (Å²) in [5, 5.41) is 5.55. The summed E-state index contributed by atoms with van der Waals surface area (Å²) >= 11 is 0. The van der Waals surface area contributed by atoms with Crippen LogP contribution < -0.4 is 24.8 Å². The Kier molecular flexibility index (Phi) is 7.65. The van der Waals surface area contributed by atoms with Gasteiger partial charge in [-0.3, -0.25) is 14.5 Å². The second-order valence-electron chi connectivity index (χ2n) is 6.06. The first-order chi connectivity index (χ1) is 13.4. The highest BCUT2D eigenvalue weighted by molar-refractivity contribution is 5.95. The highest BCUT2D eigenvalue weighted by Gasteiger charge is 2.13. The minimum Gasteiger partial charge on any atom is -0.497 e. The lowest BCUT2D eigenvalue weighted by molar-refractivity contribution is -0.119. The summed E-state index contributed by atoms with van der Waals surface area (Å²) in [6.07, 6.45) is 0. The summed E-state index contributed by atoms with van der Waals surface area (Å²) in [6, 6.07) is 12.1. The minimum atomic E-state index is -0.261. The van der Waals surface area contributed by atoms with E-state index in [1.807, 2.05) is 0 Å². The van der Waals surface area contributed by atoms with Crippen LogP contribution in [0, 0.1) is 0 Å². The Hall–Kier alpha value is -3.26. The van der Waals surface area contributed by atoms with Crippen molar-refractivity contribution in [1.82, 2.24) is 4.90 Å². The number of benzene rings is 2. The molecule has 0 aliphatic heterocycles. The molecule has 0 bridgehead atoms. The molecule has 0 heterocycles. The number of carbonyl (C=O) groups is 2. The number of anilines is 2. The topological polar surface area (TPSA) is 89.1 Å². The molecule has 2 N–H and O–H groups in total. The highest BCUT2D eigenvalue weighted by atomic mass is 16.5. The van der Waals surface area contributed by atoms with Crippen LogP contribution in [0.2, 0.25) is 0 Å². The molecule has 0 aliphatic rings. The largest absolute Gasteiger partial charge is 0.497 e. The van der Waals surface area contributed by atoms with E-state index >= 15 is 0 Å². The molecule has 8 nitrogen and oxygen atoms in total. The molecular formula is C20H25N3O5. The Bertz CT molecular complexity index is 808. The molecule has 0 radical (unpaired) electrons. The number of rotatable bonds is 9. The van der Waals surface area contributed by atoms with Crippen molar-refractivity contribution in [3.05, 3.63) is 42.5 Å². The van der Waals surface area contributed by atoms with Crippen molar-refractivity contribution in [2.24, 2.45) is 0 Å². The highest BCUT2D eigenvalue weighted by Crippen LogP contribution is 2.28. The molecule has 0 aliphatic carbocycles. The molecule has 0 unspecified atom stereocenters. The van der Waals surface area contributed by atoms with Crippen molar-refractivity contribution >= 4 is 23.2 Å². The molecule has 0 fully saturated rings. The molecule has 0 spiro atoms. The average Bonchev–Trinajstić information content (AvgIpc) is 2.68. The van der Waals surface area contributed by atoms with E-state index < -0.39 is 0 Å². The van der Waals surface area contributed by atoms with Gasteiger partial charge in [0.2, 0.25) is 11.8 Å². The zero-order chi connectivity index (χ0) is 20.5. The van der Waals surface area contributed by atoms with Crippen molar-refractivity contribution < 1.29 is 23.8 Å². The van der Waals surface area contributed by atoms with Gasteiger partial charge >= 0.3 is 0 Å². The predicted molar refractivity (Wildman–Crippen MR) is 107 cm³/mol. The lowest BCUT2D eigenvalue weighted by Crippen LogP contribution is -2.36. The number of hydrogen-bond donors (Lipinski definition) is 2. The molecule has 2 aromatic rings. The maximum Gasteiger partial charge on any atom is 0.238 e. The van der Waals surface area contributed by atoms with Crippen LogP contribution in [0.4, 0.5) is 11.4 Å². The van der Waals surface area contributed by atoms with Gasteiger partial charge in [0, 0.05) is 11.8 Å². The number of nitrogens with zero attached hydrogens (tertiary/aromatic N) is 1. The van der Waals surface area contributed by atoms with E-state index in [-0.39, 0.29) is 24.9 Å². The summed E-state index contributed by atoms with van der Waals surface area (Å²) in [4.78, 5) is 26.0. The van der Waals surface area contributed by atoms with E-state index in [2.05, 4.69) is 10.6 Å². The van der Waals surface area contributed by atoms with Gasteiger partial charge in [-0.25, -0.2) is 0 Å². The standard InChI is InChI=1S/C20H25N3O5/c1-23(12-19(24)21-14-5-7-15(26-2)8-6-14)13-20(25)22-17-10-9-16(27-3)11-18(17)28-4/h5-11H,12-13H2,1-4H3,(H,21,24)(H,22,25). The monoisotopic (exact) mass is 387 g/mol. The summed E-state index contributed by atoms with van der Waals surface area (Å²) in [5.74, 6) is 1.35. The van der Waals surface area contributed by atoms with Crippen molar-refractivity contribution in [2.45, 2.75) is 0 Å². The summed E-state index contributed by atoms with van der Waals surface area (Å²) in [7, 11) is 6.34. The second kappa shape index (κ2) is 10.2. The van der Waals surface area contributed by atoms with Gasteiger partial charge in [0.05, 0.1) is 40.1 Å². The van der Waals surface area contributed by atoms with E-state index in [0.29, 0.717) is 28.6 Å². The maximum absolute atomic E-state index is 12.3. The average molecular weight is 387 g/mol. The Morgan fingerprint density at radius 1 is 0.821 bits per heavy atom. The molecule has 2 aromatic carbocycles. The normalized spacial score (nSPS) is 10.3. The van der Waals surface area contributed by atoms with Gasteiger partial charge in [0.1, 0.15) is 17.2 Å². The van der Waals surface area contributed by atoms with Crippen molar-refractivity contribution in [3.8, 4) is 17.2 Å². The van der Waals surface area contributed by atoms with Crippen LogP contribution in [0.15, 0.2) is 42.5 Å². The molecule has 2 rings (SSSR count). The van der Waals surface area contributed by atoms with Gasteiger partial charge in [-0.1, -0.05) is 0 Å². The molecule has 28 heavy (non-hydrogen) atoms. The van der Waals surface area contributed by atoms with Crippen molar-refractivity contribution in [1.29, 1.82) is 0 Å². The molecule has 0 saturated heterocycles. The minimum absolute atomic E-state index is 0.0468. The third kappa shape index (κ3) is 6.17. The van der Waals surface area contributed by atoms with Crippen LogP contribution in [-0.4, -0.2) is 58.2 Å². The van der Waals surface area contributed by atoms with E-state index in [4.69, 9.17) is 14.2 Å². The van der Waals surface area contributed by atoms with E-state index in [9.17, 15) is 9.59 Å². The molecular weight excluding hydrogens is 362 g/mol. The first kappa shape index (κ1) is 21.0. The quantitative estimate of drug-likeness (QED) is 0.686. The number of methoxy groups -OCH3 is 3. The van der Waals surface area contributed by atoms with Gasteiger partial charge in [-0.05, 0) is 43.4 Å². The Balaban J connectivity index is 1.85. The smallest absolute Gasteiger partial charge is 0.238 e. The van der Waals surface area contributed by atoms with Crippen LogP contribution >= 0.6 is 0 Å². The summed E-state index contributed by atoms with van der Waals surface area (Å²) in [6.45, 7) is 0.115. The van der Waals surface area contributed by atoms with E-state index in [0.717, 1.165) is 0 Å². The fourth-order valence-corrected chi connectivity index (χ4v) is 2.51. The Morgan fingerprint density at radius 2 is 1.39 bits per heavy atom. The number of ether oxygens (including phenoxy) is 3. The lowest BCUT2D eigenvalue weighted by atomic mass is 10.2. The fourth-order valence-electron chi connectivity index (χ4n) is 2.51. The zero-order valence-corrected chi connectivity index (χ0v) is 16.4. The van der Waals surface area contributed by atoms with Gasteiger partial charge in [0.15, 0.2) is 0 Å². The van der Waals surface area contributed by atoms with Crippen LogP contribution in [0.5, 0.6) is 17.2 Å². The van der Waals surface area contributed by atoms with E-state index in [1.165, 1.54) is 7.11 Å². The van der Waals surface area contributed by atoms with Gasteiger partial charge < -0.3 is 24.8 Å². The molecule has 0 atom stereocenters. The van der Waals surface area contributed by atoms with Crippen LogP contribution in [0.3, 0.4) is 0 Å². The van der Waals surface area contributed by atoms with Gasteiger partial charge in [-0.15, -0.1) is 0 Å². The van der Waals surface area contributed by atoms with Gasteiger partial charge in [-0.2, -0.15) is 0 Å². The van der Waals surface area contributed by atoms with Crippen LogP contribution in [-0.2, 0) is 9.59 Å². The third-order valence-electron chi connectivity index (χ3n) is 3.88. The SMILES string of the molecule is COc1ccc(NC(=O)CN(C)CC(=O)Nc2ccc(OC)cc2OC)cc1. The lowest BCUT2D eigenvalue weighted by Gasteiger charge is -2.17. The van der Waals surface area contributed by atoms with Crippen LogP contribution in [0.25, 0.3) is 0 Å². The van der Waals surface area contributed by atoms with Crippen molar-refractivity contribution in [2.75, 3.05) is 52.1 Å². The number of hydrogen-bond acceptors (Lipinski definition) is 6. The number of carbonyl (C=O) groups excluding carboxylic acids is 2. The third-order valence-corrected chi connectivity index (χ3v) is 3.88. The zero-order valence-electron chi connectivity index (χ0n) is 16.4. The molecule has 150 valence electrons. The van der Waals surface area contributed by atoms with Crippen molar-refractivity contribution in [3.63, 3.8) is 0 Å². The molecule has 0 saturated carbocycles. The molecule has 2 amide bonds. The van der Waals surface area contributed by atoms with Crippen LogP contribution in [0.1, 0.15) is 0 Å². The molecule has 0 aromatic heterocycles. The van der Waals surface area contributed by atoms with E-state index in [1.54, 1.807) is 68.6 Å². The second-order valence-corrected chi connectivity index (χ2v) is 6.06. The number of likely N-dealkylation sites (N-methyl/N-ethyl adjacent to an activating group) is 1. The Labute approximate surface area is 164 Å². The van der Waals surface area contributed by atoms with Gasteiger partial charge in [0.25, 0.3) is 0 Å². The summed E-state index contributed by atoms with van der Waals surface area (Å²) < 4.78 is 15.5. The first-order valence-corrected chi connectivity index (χ1v) is 8.59. The first-order valence-electron chi connectivity index (χ1n) is 8.59. The predicted octanol–water partition coefficient (Wildman–Crippen LogP) is 2.22. The Morgan fingerprint density at radius 3 is 1.96 bits per heavy atom. The summed E-state index contributed by atoms with van der Waals surface area (Å²) in [5.41, 5.74) is 1.19.